The predicted octanol–water partition coefficient (Wildman–Crippen LogP) is 3.48. The third-order valence-electron chi connectivity index (χ3n) is 4.10. The molecule has 0 spiro atoms. The minimum Gasteiger partial charge on any atom is -0.493 e. The number of nitrogens with zero attached hydrogens (tertiary/aromatic N) is 1. The van der Waals surface area contributed by atoms with Gasteiger partial charge in [-0.3, -0.25) is 4.79 Å². The van der Waals surface area contributed by atoms with Gasteiger partial charge >= 0.3 is 0 Å². The molecule has 0 aliphatic heterocycles. The number of carbonyl (C=O) groups is 1. The van der Waals surface area contributed by atoms with E-state index in [0.717, 1.165) is 12.8 Å². The number of carbonyl (C=O) groups excluding carboxylic acids is 1. The molecule has 0 aromatic heterocycles. The summed E-state index contributed by atoms with van der Waals surface area (Å²) in [6.07, 6.45) is 4.53. The summed E-state index contributed by atoms with van der Waals surface area (Å²) in [5.74, 6) is 1.05. The zero-order valence-corrected chi connectivity index (χ0v) is 14.4. The highest BCUT2D eigenvalue weighted by atomic mass is 79.9. The minimum absolute atomic E-state index is 0.0258. The van der Waals surface area contributed by atoms with E-state index in [-0.39, 0.29) is 11.9 Å². The van der Waals surface area contributed by atoms with E-state index >= 15 is 0 Å². The van der Waals surface area contributed by atoms with E-state index in [2.05, 4.69) is 15.9 Å². The molecular weight excluding hydrogens is 334 g/mol. The van der Waals surface area contributed by atoms with Crippen LogP contribution in [0.4, 0.5) is 0 Å². The monoisotopic (exact) mass is 355 g/mol. The molecule has 5 heteroatoms. The van der Waals surface area contributed by atoms with Gasteiger partial charge in [-0.2, -0.15) is 0 Å². The van der Waals surface area contributed by atoms with Gasteiger partial charge in [0.1, 0.15) is 0 Å². The van der Waals surface area contributed by atoms with Crippen molar-refractivity contribution in [3.05, 3.63) is 23.8 Å². The van der Waals surface area contributed by atoms with Crippen LogP contribution in [0.3, 0.4) is 0 Å². The van der Waals surface area contributed by atoms with E-state index < -0.39 is 0 Å². The summed E-state index contributed by atoms with van der Waals surface area (Å²) < 4.78 is 10.6. The number of rotatable bonds is 4. The molecule has 21 heavy (non-hydrogen) atoms. The fourth-order valence-corrected chi connectivity index (χ4v) is 3.84. The summed E-state index contributed by atoms with van der Waals surface area (Å²) in [6.45, 7) is 0. The molecule has 2 rings (SSSR count). The van der Waals surface area contributed by atoms with E-state index in [1.54, 1.807) is 26.4 Å². The minimum atomic E-state index is -0.0258. The number of alkyl halides is 1. The second-order valence-electron chi connectivity index (χ2n) is 5.32. The van der Waals surface area contributed by atoms with Crippen molar-refractivity contribution in [1.82, 2.24) is 4.90 Å². The van der Waals surface area contributed by atoms with Gasteiger partial charge in [0.2, 0.25) is 0 Å². The van der Waals surface area contributed by atoms with Crippen molar-refractivity contribution >= 4 is 21.8 Å². The van der Waals surface area contributed by atoms with Gasteiger partial charge in [0.15, 0.2) is 11.5 Å². The van der Waals surface area contributed by atoms with Gasteiger partial charge in [0.25, 0.3) is 5.91 Å². The Labute approximate surface area is 134 Å². The third-order valence-corrected chi connectivity index (χ3v) is 5.17. The highest BCUT2D eigenvalue weighted by Gasteiger charge is 2.31. The number of halogens is 1. The smallest absolute Gasteiger partial charge is 0.257 e. The molecule has 4 nitrogen and oxygen atoms in total. The van der Waals surface area contributed by atoms with Crippen molar-refractivity contribution in [2.45, 2.75) is 36.6 Å². The largest absolute Gasteiger partial charge is 0.493 e. The van der Waals surface area contributed by atoms with Crippen LogP contribution in [0.1, 0.15) is 36.0 Å². The SMILES string of the molecule is COc1cccc(C(=O)N(C)C2CCCCC2Br)c1OC. The Balaban J connectivity index is 2.26. The molecule has 2 atom stereocenters. The van der Waals surface area contributed by atoms with E-state index in [1.165, 1.54) is 12.8 Å². The van der Waals surface area contributed by atoms with Gasteiger partial charge < -0.3 is 14.4 Å². The quantitative estimate of drug-likeness (QED) is 0.776. The van der Waals surface area contributed by atoms with Crippen molar-refractivity contribution in [2.75, 3.05) is 21.3 Å². The molecule has 1 amide bonds. The lowest BCUT2D eigenvalue weighted by Gasteiger charge is -2.35. The first-order chi connectivity index (χ1) is 10.1. The average molecular weight is 356 g/mol. The normalized spacial score (nSPS) is 21.7. The van der Waals surface area contributed by atoms with Crippen molar-refractivity contribution in [3.63, 3.8) is 0 Å². The second-order valence-corrected chi connectivity index (χ2v) is 6.50. The van der Waals surface area contributed by atoms with Crippen LogP contribution in [0.25, 0.3) is 0 Å². The first-order valence-corrected chi connectivity index (χ1v) is 8.14. The van der Waals surface area contributed by atoms with Crippen LogP contribution in [0.5, 0.6) is 11.5 Å². The predicted molar refractivity (Wildman–Crippen MR) is 86.6 cm³/mol. The lowest BCUT2D eigenvalue weighted by atomic mass is 9.94. The Morgan fingerprint density at radius 2 is 1.95 bits per heavy atom. The first kappa shape index (κ1) is 16.1. The Bertz CT molecular complexity index is 506. The van der Waals surface area contributed by atoms with Gasteiger partial charge in [-0.25, -0.2) is 0 Å². The Morgan fingerprint density at radius 1 is 1.24 bits per heavy atom. The molecule has 0 saturated heterocycles. The summed E-state index contributed by atoms with van der Waals surface area (Å²) in [7, 11) is 5.00. The molecule has 1 aromatic rings. The Kier molecular flexibility index (Phi) is 5.51. The molecule has 1 aliphatic carbocycles. The van der Waals surface area contributed by atoms with Crippen LogP contribution >= 0.6 is 15.9 Å². The van der Waals surface area contributed by atoms with Crippen molar-refractivity contribution in [2.24, 2.45) is 0 Å². The maximum atomic E-state index is 12.8. The number of ether oxygens (including phenoxy) is 2. The van der Waals surface area contributed by atoms with Crippen LogP contribution in [-0.2, 0) is 0 Å². The lowest BCUT2D eigenvalue weighted by Crippen LogP contribution is -2.44. The number of methoxy groups -OCH3 is 2. The van der Waals surface area contributed by atoms with E-state index in [4.69, 9.17) is 9.47 Å². The topological polar surface area (TPSA) is 38.8 Å². The zero-order valence-electron chi connectivity index (χ0n) is 12.8. The molecule has 0 bridgehead atoms. The highest BCUT2D eigenvalue weighted by molar-refractivity contribution is 9.09. The maximum Gasteiger partial charge on any atom is 0.257 e. The van der Waals surface area contributed by atoms with Gasteiger partial charge in [0, 0.05) is 17.9 Å². The number of hydrogen-bond acceptors (Lipinski definition) is 3. The molecule has 2 unspecified atom stereocenters. The summed E-state index contributed by atoms with van der Waals surface area (Å²) in [5, 5.41) is 0. The number of amides is 1. The summed E-state index contributed by atoms with van der Waals surface area (Å²) in [5.41, 5.74) is 0.546. The summed E-state index contributed by atoms with van der Waals surface area (Å²) in [6, 6.07) is 5.62. The van der Waals surface area contributed by atoms with E-state index in [0.29, 0.717) is 21.9 Å². The fraction of sp³-hybridized carbons (Fsp3) is 0.562. The third kappa shape index (κ3) is 3.34. The van der Waals surface area contributed by atoms with Gasteiger partial charge in [0.05, 0.1) is 19.8 Å². The molecule has 1 aromatic carbocycles. The molecule has 1 aliphatic rings. The van der Waals surface area contributed by atoms with Crippen molar-refractivity contribution in [3.8, 4) is 11.5 Å². The highest BCUT2D eigenvalue weighted by Crippen LogP contribution is 2.33. The second kappa shape index (κ2) is 7.16. The van der Waals surface area contributed by atoms with Crippen LogP contribution in [0.2, 0.25) is 0 Å². The number of benzene rings is 1. The number of para-hydroxylation sites is 1. The Morgan fingerprint density at radius 3 is 2.57 bits per heavy atom. The number of hydrogen-bond donors (Lipinski definition) is 0. The molecular formula is C16H22BrNO3. The van der Waals surface area contributed by atoms with E-state index in [1.807, 2.05) is 18.0 Å². The van der Waals surface area contributed by atoms with Crippen LogP contribution in [0.15, 0.2) is 18.2 Å². The van der Waals surface area contributed by atoms with Gasteiger partial charge in [-0.15, -0.1) is 0 Å². The molecule has 0 heterocycles. The zero-order chi connectivity index (χ0) is 15.4. The van der Waals surface area contributed by atoms with Crippen LogP contribution < -0.4 is 9.47 Å². The summed E-state index contributed by atoms with van der Waals surface area (Å²) in [4.78, 5) is 15.0. The summed E-state index contributed by atoms with van der Waals surface area (Å²) >= 11 is 3.71. The van der Waals surface area contributed by atoms with Gasteiger partial charge in [-0.1, -0.05) is 34.8 Å². The van der Waals surface area contributed by atoms with Gasteiger partial charge in [-0.05, 0) is 25.0 Å². The Hall–Kier alpha value is -1.23. The van der Waals surface area contributed by atoms with Crippen LogP contribution in [0, 0.1) is 0 Å². The van der Waals surface area contributed by atoms with Crippen molar-refractivity contribution in [1.29, 1.82) is 0 Å². The lowest BCUT2D eigenvalue weighted by molar-refractivity contribution is 0.0700. The van der Waals surface area contributed by atoms with E-state index in [9.17, 15) is 4.79 Å². The standard InChI is InChI=1S/C16H22BrNO3/c1-18(13-9-5-4-8-12(13)17)16(19)11-7-6-10-14(20-2)15(11)21-3/h6-7,10,12-13H,4-5,8-9H2,1-3H3. The molecule has 1 fully saturated rings. The molecule has 116 valence electrons. The molecule has 0 radical (unpaired) electrons. The first-order valence-electron chi connectivity index (χ1n) is 7.22. The van der Waals surface area contributed by atoms with Crippen molar-refractivity contribution < 1.29 is 14.3 Å². The fourth-order valence-electron chi connectivity index (χ4n) is 2.90. The van der Waals surface area contributed by atoms with Crippen LogP contribution in [-0.4, -0.2) is 42.9 Å². The average Bonchev–Trinajstić information content (AvgIpc) is 2.53. The molecule has 1 saturated carbocycles. The maximum absolute atomic E-state index is 12.8. The molecule has 0 N–H and O–H groups in total.